The molecule has 1 atom stereocenters. The fourth-order valence-electron chi connectivity index (χ4n) is 3.40. The minimum absolute atomic E-state index is 0.0438. The Bertz CT molecular complexity index is 1130. The van der Waals surface area contributed by atoms with Gasteiger partial charge < -0.3 is 15.4 Å². The van der Waals surface area contributed by atoms with Gasteiger partial charge in [-0.05, 0) is 48.7 Å². The number of hydrogen-bond donors (Lipinski definition) is 2. The topological polar surface area (TPSA) is 108 Å². The first-order valence-electron chi connectivity index (χ1n) is 9.95. The van der Waals surface area contributed by atoms with E-state index in [4.69, 9.17) is 4.74 Å². The molecule has 0 aromatic heterocycles. The minimum Gasteiger partial charge on any atom is -0.465 e. The number of carbonyl (C=O) groups excluding carboxylic acids is 3. The third-order valence-corrected chi connectivity index (χ3v) is 6.33. The molecule has 0 fully saturated rings. The smallest absolute Gasteiger partial charge is 0.337 e. The fraction of sp³-hybridized carbons (Fsp3) is 0.250. The SMILES string of the molecule is COC(=O)c1ccc([C@@H]2CC(=O)NC(SCC(=O)Nc3cccc(C)c3C)=C2C#N)cc1. The van der Waals surface area contributed by atoms with Crippen LogP contribution in [0.4, 0.5) is 5.69 Å². The molecule has 1 heterocycles. The van der Waals surface area contributed by atoms with E-state index >= 15 is 0 Å². The molecule has 0 unspecified atom stereocenters. The molecule has 0 bridgehead atoms. The molecular formula is C24H23N3O4S. The summed E-state index contributed by atoms with van der Waals surface area (Å²) in [4.78, 5) is 36.5. The lowest BCUT2D eigenvalue weighted by molar-refractivity contribution is -0.121. The van der Waals surface area contributed by atoms with E-state index in [1.807, 2.05) is 32.0 Å². The van der Waals surface area contributed by atoms with Crippen molar-refractivity contribution >= 4 is 35.2 Å². The number of carbonyl (C=O) groups is 3. The number of esters is 1. The Kier molecular flexibility index (Phi) is 7.33. The van der Waals surface area contributed by atoms with Gasteiger partial charge in [0.05, 0.1) is 35.1 Å². The van der Waals surface area contributed by atoms with E-state index in [0.29, 0.717) is 16.2 Å². The Morgan fingerprint density at radius 2 is 1.94 bits per heavy atom. The standard InChI is InChI=1S/C24H23N3O4S/c1-14-5-4-6-20(15(14)2)26-22(29)13-32-23-19(12-25)18(11-21(28)27-23)16-7-9-17(10-8-16)24(30)31-3/h4-10,18H,11,13H2,1-3H3,(H,26,29)(H,27,28)/t18-/m0/s1. The summed E-state index contributed by atoms with van der Waals surface area (Å²) in [7, 11) is 1.30. The Labute approximate surface area is 190 Å². The monoisotopic (exact) mass is 449 g/mol. The lowest BCUT2D eigenvalue weighted by atomic mass is 9.87. The normalized spacial score (nSPS) is 15.6. The molecular weight excluding hydrogens is 426 g/mol. The van der Waals surface area contributed by atoms with Gasteiger partial charge in [-0.25, -0.2) is 4.79 Å². The van der Waals surface area contributed by atoms with E-state index in [2.05, 4.69) is 16.7 Å². The summed E-state index contributed by atoms with van der Waals surface area (Å²) in [6, 6.07) is 14.5. The predicted molar refractivity (Wildman–Crippen MR) is 123 cm³/mol. The van der Waals surface area contributed by atoms with Crippen LogP contribution in [-0.2, 0) is 14.3 Å². The van der Waals surface area contributed by atoms with Gasteiger partial charge in [0.15, 0.2) is 0 Å². The number of thioether (sulfide) groups is 1. The number of amides is 2. The first kappa shape index (κ1) is 23.1. The number of nitriles is 1. The number of ether oxygens (including phenoxy) is 1. The highest BCUT2D eigenvalue weighted by Gasteiger charge is 2.30. The molecule has 0 radical (unpaired) electrons. The van der Waals surface area contributed by atoms with E-state index in [1.54, 1.807) is 24.3 Å². The lowest BCUT2D eigenvalue weighted by Crippen LogP contribution is -2.31. The summed E-state index contributed by atoms with van der Waals surface area (Å²) in [5, 5.41) is 15.8. The van der Waals surface area contributed by atoms with Crippen LogP contribution in [0.15, 0.2) is 53.1 Å². The number of hydrogen-bond acceptors (Lipinski definition) is 6. The van der Waals surface area contributed by atoms with Crippen LogP contribution in [0.2, 0.25) is 0 Å². The number of rotatable bonds is 6. The Hall–Kier alpha value is -3.57. The molecule has 32 heavy (non-hydrogen) atoms. The quantitative estimate of drug-likeness (QED) is 0.650. The van der Waals surface area contributed by atoms with Crippen LogP contribution in [-0.4, -0.2) is 30.6 Å². The average Bonchev–Trinajstić information content (AvgIpc) is 2.80. The minimum atomic E-state index is -0.458. The first-order valence-corrected chi connectivity index (χ1v) is 10.9. The van der Waals surface area contributed by atoms with Crippen LogP contribution in [0, 0.1) is 25.2 Å². The Morgan fingerprint density at radius 3 is 2.59 bits per heavy atom. The zero-order chi connectivity index (χ0) is 23.3. The van der Waals surface area contributed by atoms with Gasteiger partial charge in [-0.15, -0.1) is 0 Å². The number of anilines is 1. The van der Waals surface area contributed by atoms with E-state index in [9.17, 15) is 19.6 Å². The van der Waals surface area contributed by atoms with E-state index in [1.165, 1.54) is 7.11 Å². The van der Waals surface area contributed by atoms with E-state index < -0.39 is 11.9 Å². The van der Waals surface area contributed by atoms with Gasteiger partial charge in [-0.2, -0.15) is 5.26 Å². The van der Waals surface area contributed by atoms with Crippen molar-refractivity contribution in [1.29, 1.82) is 5.26 Å². The van der Waals surface area contributed by atoms with E-state index in [-0.39, 0.29) is 24.0 Å². The third-order valence-electron chi connectivity index (χ3n) is 5.32. The lowest BCUT2D eigenvalue weighted by Gasteiger charge is -2.25. The van der Waals surface area contributed by atoms with Crippen molar-refractivity contribution in [2.75, 3.05) is 18.2 Å². The van der Waals surface area contributed by atoms with Crippen LogP contribution >= 0.6 is 11.8 Å². The fourth-order valence-corrected chi connectivity index (χ4v) is 4.27. The zero-order valence-electron chi connectivity index (χ0n) is 18.0. The molecule has 1 aliphatic rings. The molecule has 2 N–H and O–H groups in total. The summed E-state index contributed by atoms with van der Waals surface area (Å²) in [6.45, 7) is 3.91. The van der Waals surface area contributed by atoms with Gasteiger partial charge >= 0.3 is 5.97 Å². The second-order valence-electron chi connectivity index (χ2n) is 7.36. The highest BCUT2D eigenvalue weighted by molar-refractivity contribution is 8.03. The molecule has 2 aromatic carbocycles. The zero-order valence-corrected chi connectivity index (χ0v) is 18.8. The summed E-state index contributed by atoms with van der Waals surface area (Å²) in [5.74, 6) is -1.33. The maximum Gasteiger partial charge on any atom is 0.337 e. The van der Waals surface area contributed by atoms with Crippen molar-refractivity contribution in [2.45, 2.75) is 26.2 Å². The predicted octanol–water partition coefficient (Wildman–Crippen LogP) is 3.80. The summed E-state index contributed by atoms with van der Waals surface area (Å²) in [6.07, 6.45) is 0.110. The molecule has 2 amide bonds. The van der Waals surface area contributed by atoms with Crippen molar-refractivity contribution in [2.24, 2.45) is 0 Å². The Balaban J connectivity index is 1.77. The van der Waals surface area contributed by atoms with Crippen LogP contribution in [0.3, 0.4) is 0 Å². The highest BCUT2D eigenvalue weighted by atomic mass is 32.2. The van der Waals surface area contributed by atoms with Crippen molar-refractivity contribution in [3.63, 3.8) is 0 Å². The largest absolute Gasteiger partial charge is 0.465 e. The maximum atomic E-state index is 12.5. The number of methoxy groups -OCH3 is 1. The van der Waals surface area contributed by atoms with Gasteiger partial charge in [0, 0.05) is 18.0 Å². The van der Waals surface area contributed by atoms with Gasteiger partial charge in [-0.1, -0.05) is 36.0 Å². The second kappa shape index (κ2) is 10.2. The molecule has 0 saturated carbocycles. The molecule has 1 aliphatic heterocycles. The average molecular weight is 450 g/mol. The van der Waals surface area contributed by atoms with Crippen molar-refractivity contribution in [3.8, 4) is 6.07 Å². The number of nitrogens with zero attached hydrogens (tertiary/aromatic N) is 1. The number of benzene rings is 2. The van der Waals surface area contributed by atoms with Crippen LogP contribution in [0.25, 0.3) is 0 Å². The first-order chi connectivity index (χ1) is 15.3. The number of aryl methyl sites for hydroxylation is 1. The van der Waals surface area contributed by atoms with Crippen molar-refractivity contribution in [1.82, 2.24) is 5.32 Å². The third kappa shape index (κ3) is 5.18. The summed E-state index contributed by atoms with van der Waals surface area (Å²) >= 11 is 1.12. The molecule has 2 aromatic rings. The molecule has 7 nitrogen and oxygen atoms in total. The Morgan fingerprint density at radius 1 is 1.22 bits per heavy atom. The summed E-state index contributed by atoms with van der Waals surface area (Å²) in [5.41, 5.74) is 4.31. The second-order valence-corrected chi connectivity index (χ2v) is 8.34. The molecule has 0 saturated heterocycles. The van der Waals surface area contributed by atoms with Crippen molar-refractivity contribution in [3.05, 3.63) is 75.3 Å². The van der Waals surface area contributed by atoms with Crippen molar-refractivity contribution < 1.29 is 19.1 Å². The number of nitrogens with one attached hydrogen (secondary N) is 2. The van der Waals surface area contributed by atoms with Gasteiger partial charge in [0.25, 0.3) is 0 Å². The maximum absolute atomic E-state index is 12.5. The molecule has 164 valence electrons. The van der Waals surface area contributed by atoms with Crippen LogP contribution in [0.1, 0.15) is 39.4 Å². The molecule has 0 spiro atoms. The summed E-state index contributed by atoms with van der Waals surface area (Å²) < 4.78 is 4.70. The van der Waals surface area contributed by atoms with Crippen LogP contribution < -0.4 is 10.6 Å². The molecule has 0 aliphatic carbocycles. The number of allylic oxidation sites excluding steroid dienone is 1. The molecule has 8 heteroatoms. The van der Waals surface area contributed by atoms with Crippen LogP contribution in [0.5, 0.6) is 0 Å². The van der Waals surface area contributed by atoms with Gasteiger partial charge in [-0.3, -0.25) is 9.59 Å². The van der Waals surface area contributed by atoms with E-state index in [0.717, 1.165) is 34.1 Å². The highest BCUT2D eigenvalue weighted by Crippen LogP contribution is 2.36. The molecule has 3 rings (SSSR count). The van der Waals surface area contributed by atoms with Gasteiger partial charge in [0.2, 0.25) is 11.8 Å². The van der Waals surface area contributed by atoms with Gasteiger partial charge in [0.1, 0.15) is 0 Å².